The number of carbonyl (C=O) groups is 4. The first kappa shape index (κ1) is 23.1. The summed E-state index contributed by atoms with van der Waals surface area (Å²) in [5.41, 5.74) is 1.72. The maximum Gasteiger partial charge on any atom is 0.335 e. The van der Waals surface area contributed by atoms with Crippen LogP contribution in [0.1, 0.15) is 35.3 Å². The number of amides is 2. The Morgan fingerprint density at radius 1 is 1.09 bits per heavy atom. The highest BCUT2D eigenvalue weighted by Gasteiger charge is 2.41. The van der Waals surface area contributed by atoms with Crippen LogP contribution in [0.4, 0.5) is 4.79 Å². The van der Waals surface area contributed by atoms with Gasteiger partial charge in [-0.15, -0.1) is 0 Å². The highest BCUT2D eigenvalue weighted by Crippen LogP contribution is 2.34. The minimum Gasteiger partial charge on any atom is -0.489 e. The number of rotatable bonds is 8. The number of hydrogen-bond donors (Lipinski definition) is 1. The van der Waals surface area contributed by atoms with E-state index in [1.54, 1.807) is 49.4 Å². The second-order valence-electron chi connectivity index (χ2n) is 6.84. The van der Waals surface area contributed by atoms with Gasteiger partial charge in [0, 0.05) is 0 Å². The molecule has 8 nitrogen and oxygen atoms in total. The average Bonchev–Trinajstić information content (AvgIpc) is 3.05. The van der Waals surface area contributed by atoms with Gasteiger partial charge in [0.15, 0.2) is 0 Å². The maximum absolute atomic E-state index is 12.6. The van der Waals surface area contributed by atoms with Crippen molar-refractivity contribution in [1.29, 1.82) is 0 Å². The number of carboxylic acid groups (broad SMARTS) is 1. The van der Waals surface area contributed by atoms with Crippen molar-refractivity contribution in [1.82, 2.24) is 4.90 Å². The second-order valence-corrected chi connectivity index (χ2v) is 7.83. The van der Waals surface area contributed by atoms with Gasteiger partial charge in [0.25, 0.3) is 11.1 Å². The normalized spacial score (nSPS) is 15.7. The van der Waals surface area contributed by atoms with E-state index in [1.807, 2.05) is 0 Å². The third-order valence-electron chi connectivity index (χ3n) is 4.62. The molecule has 32 heavy (non-hydrogen) atoms. The maximum atomic E-state index is 12.6. The van der Waals surface area contributed by atoms with Gasteiger partial charge in [0.1, 0.15) is 18.4 Å². The molecule has 1 saturated heterocycles. The van der Waals surface area contributed by atoms with Crippen LogP contribution in [0.5, 0.6) is 5.75 Å². The molecular weight excluding hydrogens is 434 g/mol. The van der Waals surface area contributed by atoms with Gasteiger partial charge in [-0.1, -0.05) is 24.3 Å². The summed E-state index contributed by atoms with van der Waals surface area (Å²) < 4.78 is 10.6. The Morgan fingerprint density at radius 3 is 2.34 bits per heavy atom. The summed E-state index contributed by atoms with van der Waals surface area (Å²) in [7, 11) is 0. The third-order valence-corrected chi connectivity index (χ3v) is 5.51. The number of carbonyl (C=O) groups excluding carboxylic acids is 3. The number of esters is 1. The van der Waals surface area contributed by atoms with Gasteiger partial charge >= 0.3 is 11.9 Å². The Labute approximate surface area is 188 Å². The number of thioether (sulfide) groups is 1. The van der Waals surface area contributed by atoms with Crippen LogP contribution in [0.3, 0.4) is 0 Å². The number of nitrogens with zero attached hydrogens (tertiary/aromatic N) is 1. The number of carboxylic acids is 1. The molecule has 0 spiro atoms. The zero-order valence-electron chi connectivity index (χ0n) is 17.4. The summed E-state index contributed by atoms with van der Waals surface area (Å²) in [5.74, 6) is -1.56. The fourth-order valence-corrected chi connectivity index (χ4v) is 3.81. The lowest BCUT2D eigenvalue weighted by Gasteiger charge is -2.19. The summed E-state index contributed by atoms with van der Waals surface area (Å²) >= 11 is 0.773. The Balaban J connectivity index is 1.63. The molecule has 1 aliphatic heterocycles. The van der Waals surface area contributed by atoms with E-state index in [1.165, 1.54) is 19.1 Å². The van der Waals surface area contributed by atoms with Crippen molar-refractivity contribution in [3.8, 4) is 5.75 Å². The van der Waals surface area contributed by atoms with Crippen LogP contribution in [-0.2, 0) is 20.9 Å². The Bertz CT molecular complexity index is 1060. The SMILES string of the molecule is CCOC(=O)[C@@H](C)N1C(=O)S/C(=C\c2ccc(OCc3ccc(C(=O)O)cc3)cc2)C1=O. The van der Waals surface area contributed by atoms with Crippen LogP contribution in [0, 0.1) is 0 Å². The molecule has 0 unspecified atom stereocenters. The standard InChI is InChI=1S/C23H21NO7S/c1-3-30-22(28)14(2)24-20(25)19(32-23(24)29)12-15-6-10-18(11-7-15)31-13-16-4-8-17(9-5-16)21(26)27/h4-12,14H,3,13H2,1-2H3,(H,26,27)/b19-12-/t14-/m1/s1. The number of aromatic carboxylic acids is 1. The molecule has 1 atom stereocenters. The van der Waals surface area contributed by atoms with E-state index >= 15 is 0 Å². The summed E-state index contributed by atoms with van der Waals surface area (Å²) in [6.45, 7) is 3.54. The molecule has 2 aromatic carbocycles. The molecule has 3 rings (SSSR count). The van der Waals surface area contributed by atoms with E-state index in [0.717, 1.165) is 22.2 Å². The van der Waals surface area contributed by atoms with Crippen LogP contribution >= 0.6 is 11.8 Å². The highest BCUT2D eigenvalue weighted by atomic mass is 32.2. The van der Waals surface area contributed by atoms with E-state index < -0.39 is 29.1 Å². The largest absolute Gasteiger partial charge is 0.489 e. The number of imide groups is 1. The van der Waals surface area contributed by atoms with Crippen molar-refractivity contribution in [3.63, 3.8) is 0 Å². The predicted octanol–water partition coefficient (Wildman–Crippen LogP) is 3.95. The molecule has 0 aromatic heterocycles. The number of benzene rings is 2. The molecule has 0 saturated carbocycles. The number of hydrogen-bond acceptors (Lipinski definition) is 7. The van der Waals surface area contributed by atoms with Crippen LogP contribution < -0.4 is 4.74 Å². The zero-order valence-corrected chi connectivity index (χ0v) is 18.3. The zero-order chi connectivity index (χ0) is 23.3. The minimum absolute atomic E-state index is 0.164. The monoisotopic (exact) mass is 455 g/mol. The van der Waals surface area contributed by atoms with Gasteiger partial charge in [-0.2, -0.15) is 0 Å². The van der Waals surface area contributed by atoms with E-state index in [0.29, 0.717) is 11.3 Å². The summed E-state index contributed by atoms with van der Waals surface area (Å²) in [4.78, 5) is 48.8. The van der Waals surface area contributed by atoms with Crippen molar-refractivity contribution in [2.24, 2.45) is 0 Å². The molecule has 1 heterocycles. The van der Waals surface area contributed by atoms with E-state index in [9.17, 15) is 19.2 Å². The topological polar surface area (TPSA) is 110 Å². The smallest absolute Gasteiger partial charge is 0.335 e. The molecular formula is C23H21NO7S. The molecule has 1 N–H and O–H groups in total. The molecule has 2 aromatic rings. The van der Waals surface area contributed by atoms with E-state index in [-0.39, 0.29) is 23.7 Å². The summed E-state index contributed by atoms with van der Waals surface area (Å²) in [6, 6.07) is 12.3. The molecule has 1 aliphatic rings. The van der Waals surface area contributed by atoms with Gasteiger partial charge in [0.2, 0.25) is 0 Å². The first-order chi connectivity index (χ1) is 15.3. The minimum atomic E-state index is -0.992. The molecule has 0 aliphatic carbocycles. The van der Waals surface area contributed by atoms with Crippen LogP contribution in [0.15, 0.2) is 53.4 Å². The summed E-state index contributed by atoms with van der Waals surface area (Å²) in [5, 5.41) is 8.41. The van der Waals surface area contributed by atoms with Crippen LogP contribution in [-0.4, -0.2) is 45.7 Å². The molecule has 9 heteroatoms. The lowest BCUT2D eigenvalue weighted by atomic mass is 10.1. The molecule has 0 radical (unpaired) electrons. The van der Waals surface area contributed by atoms with Gasteiger partial charge in [-0.25, -0.2) is 9.59 Å². The van der Waals surface area contributed by atoms with Crippen molar-refractivity contribution in [2.75, 3.05) is 6.61 Å². The van der Waals surface area contributed by atoms with Gasteiger partial charge < -0.3 is 14.6 Å². The first-order valence-corrected chi connectivity index (χ1v) is 10.6. The predicted molar refractivity (Wildman–Crippen MR) is 118 cm³/mol. The highest BCUT2D eigenvalue weighted by molar-refractivity contribution is 8.18. The fraction of sp³-hybridized carbons (Fsp3) is 0.217. The fourth-order valence-electron chi connectivity index (χ4n) is 2.90. The van der Waals surface area contributed by atoms with Crippen LogP contribution in [0.2, 0.25) is 0 Å². The van der Waals surface area contributed by atoms with Gasteiger partial charge in [-0.3, -0.25) is 14.5 Å². The molecule has 166 valence electrons. The van der Waals surface area contributed by atoms with Crippen molar-refractivity contribution >= 4 is 40.9 Å². The van der Waals surface area contributed by atoms with E-state index in [2.05, 4.69) is 0 Å². The average molecular weight is 455 g/mol. The number of ether oxygens (including phenoxy) is 2. The third kappa shape index (κ3) is 5.36. The van der Waals surface area contributed by atoms with Gasteiger partial charge in [-0.05, 0) is 67.1 Å². The van der Waals surface area contributed by atoms with Crippen molar-refractivity contribution in [2.45, 2.75) is 26.5 Å². The van der Waals surface area contributed by atoms with Crippen LogP contribution in [0.25, 0.3) is 6.08 Å². The van der Waals surface area contributed by atoms with Crippen molar-refractivity contribution in [3.05, 3.63) is 70.1 Å². The lowest BCUT2D eigenvalue weighted by molar-refractivity contribution is -0.150. The first-order valence-electron chi connectivity index (χ1n) is 9.79. The van der Waals surface area contributed by atoms with Gasteiger partial charge in [0.05, 0.1) is 17.1 Å². The van der Waals surface area contributed by atoms with Crippen molar-refractivity contribution < 1.29 is 33.8 Å². The molecule has 0 bridgehead atoms. The lowest BCUT2D eigenvalue weighted by Crippen LogP contribution is -2.42. The quantitative estimate of drug-likeness (QED) is 0.471. The Morgan fingerprint density at radius 2 is 1.75 bits per heavy atom. The molecule has 2 amide bonds. The Kier molecular flexibility index (Phi) is 7.32. The molecule has 1 fully saturated rings. The van der Waals surface area contributed by atoms with E-state index in [4.69, 9.17) is 14.6 Å². The summed E-state index contributed by atoms with van der Waals surface area (Å²) in [6.07, 6.45) is 1.58. The Hall–Kier alpha value is -3.59. The second kappa shape index (κ2) is 10.1.